The first kappa shape index (κ1) is 13.3. The van der Waals surface area contributed by atoms with Gasteiger partial charge in [-0.15, -0.1) is 0 Å². The number of allylic oxidation sites excluding steroid dienone is 1. The summed E-state index contributed by atoms with van der Waals surface area (Å²) in [5.41, 5.74) is 0.526. The summed E-state index contributed by atoms with van der Waals surface area (Å²) in [6.07, 6.45) is -3.48. The highest BCUT2D eigenvalue weighted by molar-refractivity contribution is 6.31. The lowest BCUT2D eigenvalue weighted by Gasteiger charge is -2.00. The minimum atomic E-state index is -4.88. The van der Waals surface area contributed by atoms with E-state index in [9.17, 15) is 18.0 Å². The number of halogens is 4. The number of nitrogens with zero attached hydrogens (tertiary/aromatic N) is 1. The number of nitriles is 1. The van der Waals surface area contributed by atoms with Crippen LogP contribution >= 0.6 is 11.6 Å². The Morgan fingerprint density at radius 3 is 2.53 bits per heavy atom. The lowest BCUT2D eigenvalue weighted by Crippen LogP contribution is -2.19. The zero-order chi connectivity index (χ0) is 13.1. The maximum absolute atomic E-state index is 11.9. The fourth-order valence-corrected chi connectivity index (χ4v) is 1.22. The molecule has 1 aromatic carbocycles. The van der Waals surface area contributed by atoms with Crippen LogP contribution in [-0.4, -0.2) is 12.0 Å². The fraction of sp³-hybridized carbons (Fsp3) is 0.0909. The van der Waals surface area contributed by atoms with Gasteiger partial charge in [0, 0.05) is 0 Å². The van der Waals surface area contributed by atoms with E-state index in [1.54, 1.807) is 0 Å². The predicted molar refractivity (Wildman–Crippen MR) is 56.3 cm³/mol. The number of alkyl halides is 3. The van der Waals surface area contributed by atoms with Gasteiger partial charge in [-0.1, -0.05) is 23.7 Å². The first-order chi connectivity index (χ1) is 7.84. The molecule has 0 spiro atoms. The predicted octanol–water partition coefficient (Wildman–Crippen LogP) is 3.36. The van der Waals surface area contributed by atoms with Crippen LogP contribution in [0.5, 0.6) is 0 Å². The maximum Gasteiger partial charge on any atom is 0.454 e. The van der Waals surface area contributed by atoms with Crippen LogP contribution in [0.3, 0.4) is 0 Å². The van der Waals surface area contributed by atoms with Crippen molar-refractivity contribution < 1.29 is 18.0 Å². The second-order valence-corrected chi connectivity index (χ2v) is 3.45. The molecule has 0 unspecified atom stereocenters. The standard InChI is InChI=1S/C11H5ClF3NO/c12-9-5-7(1-3-8(9)6-16)2-4-10(17)11(13,14)15/h1-5H. The van der Waals surface area contributed by atoms with Crippen LogP contribution in [0.15, 0.2) is 24.3 Å². The number of carbonyl (C=O) groups is 1. The molecule has 2 nitrogen and oxygen atoms in total. The van der Waals surface area contributed by atoms with Crippen molar-refractivity contribution in [2.75, 3.05) is 0 Å². The lowest BCUT2D eigenvalue weighted by molar-refractivity contribution is -0.165. The van der Waals surface area contributed by atoms with Gasteiger partial charge in [-0.2, -0.15) is 18.4 Å². The Hall–Kier alpha value is -1.80. The van der Waals surface area contributed by atoms with Crippen molar-refractivity contribution in [3.05, 3.63) is 40.4 Å². The minimum absolute atomic E-state index is 0.120. The molecule has 0 saturated carbocycles. The third kappa shape index (κ3) is 3.61. The van der Waals surface area contributed by atoms with E-state index in [1.807, 2.05) is 6.07 Å². The van der Waals surface area contributed by atoms with Crippen LogP contribution in [0.25, 0.3) is 6.08 Å². The molecule has 0 saturated heterocycles. The summed E-state index contributed by atoms with van der Waals surface area (Å²) in [5.74, 6) is -1.95. The Balaban J connectivity index is 2.91. The van der Waals surface area contributed by atoms with Crippen molar-refractivity contribution in [2.45, 2.75) is 6.18 Å². The molecule has 0 aliphatic carbocycles. The average Bonchev–Trinajstić information content (AvgIpc) is 2.24. The summed E-state index contributed by atoms with van der Waals surface area (Å²) in [6.45, 7) is 0. The van der Waals surface area contributed by atoms with Crippen LogP contribution in [0.4, 0.5) is 13.2 Å². The van der Waals surface area contributed by atoms with Crippen molar-refractivity contribution in [3.8, 4) is 6.07 Å². The molecular weight excluding hydrogens is 255 g/mol. The topological polar surface area (TPSA) is 40.9 Å². The molecule has 0 aromatic heterocycles. The second-order valence-electron chi connectivity index (χ2n) is 3.05. The molecule has 0 amide bonds. The van der Waals surface area contributed by atoms with Gasteiger partial charge in [0.25, 0.3) is 5.78 Å². The molecule has 0 aliphatic heterocycles. The Morgan fingerprint density at radius 2 is 2.06 bits per heavy atom. The highest BCUT2D eigenvalue weighted by Gasteiger charge is 2.35. The zero-order valence-electron chi connectivity index (χ0n) is 8.25. The first-order valence-electron chi connectivity index (χ1n) is 4.33. The molecule has 0 heterocycles. The summed E-state index contributed by atoms with van der Waals surface area (Å²) < 4.78 is 35.6. The normalized spacial score (nSPS) is 11.5. The van der Waals surface area contributed by atoms with Gasteiger partial charge < -0.3 is 0 Å². The molecule has 0 N–H and O–H groups in total. The fourth-order valence-electron chi connectivity index (χ4n) is 0.992. The van der Waals surface area contributed by atoms with E-state index in [2.05, 4.69) is 0 Å². The van der Waals surface area contributed by atoms with E-state index >= 15 is 0 Å². The van der Waals surface area contributed by atoms with Gasteiger partial charge in [0.15, 0.2) is 0 Å². The molecule has 0 radical (unpaired) electrons. The Labute approximate surface area is 99.9 Å². The summed E-state index contributed by atoms with van der Waals surface area (Å²) in [7, 11) is 0. The van der Waals surface area contributed by atoms with Gasteiger partial charge in [0.05, 0.1) is 10.6 Å². The van der Waals surface area contributed by atoms with E-state index < -0.39 is 12.0 Å². The van der Waals surface area contributed by atoms with Crippen molar-refractivity contribution in [1.29, 1.82) is 5.26 Å². The number of hydrogen-bond donors (Lipinski definition) is 0. The average molecular weight is 260 g/mol. The third-order valence-corrected chi connectivity index (χ3v) is 2.13. The number of ketones is 1. The van der Waals surface area contributed by atoms with Gasteiger partial charge in [0.2, 0.25) is 0 Å². The SMILES string of the molecule is N#Cc1ccc(C=CC(=O)C(F)(F)F)cc1Cl. The van der Waals surface area contributed by atoms with Crippen molar-refractivity contribution in [1.82, 2.24) is 0 Å². The molecule has 0 fully saturated rings. The molecule has 1 aromatic rings. The molecule has 0 atom stereocenters. The largest absolute Gasteiger partial charge is 0.454 e. The monoisotopic (exact) mass is 259 g/mol. The summed E-state index contributed by atoms with van der Waals surface area (Å²) in [4.78, 5) is 10.5. The molecule has 17 heavy (non-hydrogen) atoms. The van der Waals surface area contributed by atoms with E-state index in [-0.39, 0.29) is 10.6 Å². The Bertz CT molecular complexity index is 514. The quantitative estimate of drug-likeness (QED) is 0.764. The van der Waals surface area contributed by atoms with Crippen LogP contribution < -0.4 is 0 Å². The van der Waals surface area contributed by atoms with Gasteiger partial charge in [-0.05, 0) is 23.8 Å². The lowest BCUT2D eigenvalue weighted by atomic mass is 10.1. The number of benzene rings is 1. The van der Waals surface area contributed by atoms with E-state index in [4.69, 9.17) is 16.9 Å². The van der Waals surface area contributed by atoms with Crippen molar-refractivity contribution >= 4 is 23.5 Å². The maximum atomic E-state index is 11.9. The third-order valence-electron chi connectivity index (χ3n) is 1.82. The van der Waals surface area contributed by atoms with Crippen LogP contribution in [-0.2, 0) is 4.79 Å². The number of rotatable bonds is 2. The van der Waals surface area contributed by atoms with Gasteiger partial charge in [-0.25, -0.2) is 0 Å². The van der Waals surface area contributed by atoms with Gasteiger partial charge in [0.1, 0.15) is 6.07 Å². The number of carbonyl (C=O) groups excluding carboxylic acids is 1. The summed E-state index contributed by atoms with van der Waals surface area (Å²) in [5, 5.41) is 8.70. The van der Waals surface area contributed by atoms with E-state index in [0.717, 1.165) is 6.08 Å². The highest BCUT2D eigenvalue weighted by Crippen LogP contribution is 2.20. The molecule has 1 rings (SSSR count). The first-order valence-corrected chi connectivity index (χ1v) is 4.71. The van der Waals surface area contributed by atoms with E-state index in [1.165, 1.54) is 18.2 Å². The van der Waals surface area contributed by atoms with Crippen molar-refractivity contribution in [2.24, 2.45) is 0 Å². The number of hydrogen-bond acceptors (Lipinski definition) is 2. The second kappa shape index (κ2) is 5.02. The van der Waals surface area contributed by atoms with E-state index in [0.29, 0.717) is 11.6 Å². The molecule has 88 valence electrons. The highest BCUT2D eigenvalue weighted by atomic mass is 35.5. The molecule has 6 heteroatoms. The van der Waals surface area contributed by atoms with Crippen molar-refractivity contribution in [3.63, 3.8) is 0 Å². The minimum Gasteiger partial charge on any atom is -0.285 e. The zero-order valence-corrected chi connectivity index (χ0v) is 9.01. The van der Waals surface area contributed by atoms with Gasteiger partial charge >= 0.3 is 6.18 Å². The van der Waals surface area contributed by atoms with Crippen LogP contribution in [0.2, 0.25) is 5.02 Å². The molecular formula is C11H5ClF3NO. The summed E-state index contributed by atoms with van der Waals surface area (Å²) >= 11 is 5.67. The molecule has 0 bridgehead atoms. The van der Waals surface area contributed by atoms with Gasteiger partial charge in [-0.3, -0.25) is 4.79 Å². The summed E-state index contributed by atoms with van der Waals surface area (Å²) in [6, 6.07) is 5.87. The molecule has 0 aliphatic rings. The van der Waals surface area contributed by atoms with Crippen LogP contribution in [0.1, 0.15) is 11.1 Å². The smallest absolute Gasteiger partial charge is 0.285 e. The van der Waals surface area contributed by atoms with Crippen LogP contribution in [0, 0.1) is 11.3 Å². The Morgan fingerprint density at radius 1 is 1.41 bits per heavy atom. The Kier molecular flexibility index (Phi) is 3.92.